The van der Waals surface area contributed by atoms with Crippen LogP contribution in [0.2, 0.25) is 5.02 Å². The van der Waals surface area contributed by atoms with Crippen LogP contribution in [0.1, 0.15) is 43.6 Å². The standard InChI is InChI=1S/C24H18ClNO7/c1-12-10-17-18(25)9-8-15(21(17)32-12)22(27)26-19-4-2-3-5-20(19)33-13-6-7-14(23(28)29)16(11-13)24(30)31/h2-9,11-12H,10H2,1H3,(H,26,27)(H,28,29)(H,30,31)/t12-/m1/s1. The van der Waals surface area contributed by atoms with Crippen molar-refractivity contribution in [2.24, 2.45) is 0 Å². The van der Waals surface area contributed by atoms with Gasteiger partial charge in [-0.25, -0.2) is 9.59 Å². The van der Waals surface area contributed by atoms with Crippen molar-refractivity contribution < 1.29 is 34.1 Å². The summed E-state index contributed by atoms with van der Waals surface area (Å²) in [5, 5.41) is 21.8. The minimum atomic E-state index is -1.40. The molecule has 168 valence electrons. The highest BCUT2D eigenvalue weighted by Crippen LogP contribution is 2.38. The Hall–Kier alpha value is -4.04. The Labute approximate surface area is 193 Å². The number of hydrogen-bond donors (Lipinski definition) is 3. The fourth-order valence-electron chi connectivity index (χ4n) is 3.56. The maximum absolute atomic E-state index is 13.0. The van der Waals surface area contributed by atoms with Gasteiger partial charge in [-0.05, 0) is 49.4 Å². The molecule has 0 bridgehead atoms. The summed E-state index contributed by atoms with van der Waals surface area (Å²) in [5.41, 5.74) is 0.664. The Bertz CT molecular complexity index is 1290. The van der Waals surface area contributed by atoms with Gasteiger partial charge in [0.25, 0.3) is 5.91 Å². The third-order valence-corrected chi connectivity index (χ3v) is 5.43. The lowest BCUT2D eigenvalue weighted by molar-refractivity contribution is 0.0651. The maximum Gasteiger partial charge on any atom is 0.336 e. The highest BCUT2D eigenvalue weighted by Gasteiger charge is 2.28. The van der Waals surface area contributed by atoms with E-state index in [4.69, 9.17) is 21.1 Å². The first-order valence-corrected chi connectivity index (χ1v) is 10.3. The van der Waals surface area contributed by atoms with Crippen LogP contribution in [0.4, 0.5) is 5.69 Å². The van der Waals surface area contributed by atoms with Gasteiger partial charge in [-0.3, -0.25) is 4.79 Å². The molecule has 9 heteroatoms. The molecule has 3 N–H and O–H groups in total. The van der Waals surface area contributed by atoms with Gasteiger partial charge < -0.3 is 25.0 Å². The van der Waals surface area contributed by atoms with Crippen LogP contribution in [-0.2, 0) is 6.42 Å². The van der Waals surface area contributed by atoms with Crippen molar-refractivity contribution in [1.29, 1.82) is 0 Å². The van der Waals surface area contributed by atoms with Crippen LogP contribution < -0.4 is 14.8 Å². The number of amides is 1. The molecule has 0 radical (unpaired) electrons. The van der Waals surface area contributed by atoms with Gasteiger partial charge in [0, 0.05) is 17.0 Å². The molecule has 0 aliphatic carbocycles. The number of anilines is 1. The van der Waals surface area contributed by atoms with Gasteiger partial charge in [0.2, 0.25) is 0 Å². The number of carbonyl (C=O) groups excluding carboxylic acids is 1. The monoisotopic (exact) mass is 467 g/mol. The lowest BCUT2D eigenvalue weighted by Gasteiger charge is -2.14. The molecule has 0 saturated heterocycles. The minimum Gasteiger partial charge on any atom is -0.489 e. The maximum atomic E-state index is 13.0. The van der Waals surface area contributed by atoms with E-state index >= 15 is 0 Å². The number of hydrogen-bond acceptors (Lipinski definition) is 5. The van der Waals surface area contributed by atoms with Crippen LogP contribution in [0, 0.1) is 0 Å². The number of benzene rings is 3. The Balaban J connectivity index is 1.62. The molecular weight excluding hydrogens is 450 g/mol. The smallest absolute Gasteiger partial charge is 0.336 e. The summed E-state index contributed by atoms with van der Waals surface area (Å²) >= 11 is 6.24. The van der Waals surface area contributed by atoms with Gasteiger partial charge in [-0.2, -0.15) is 0 Å². The zero-order chi connectivity index (χ0) is 23.7. The zero-order valence-electron chi connectivity index (χ0n) is 17.3. The third kappa shape index (κ3) is 4.47. The number of halogens is 1. The summed E-state index contributed by atoms with van der Waals surface area (Å²) in [6.45, 7) is 1.89. The second-order valence-electron chi connectivity index (χ2n) is 7.41. The molecule has 0 spiro atoms. The van der Waals surface area contributed by atoms with Crippen molar-refractivity contribution >= 4 is 35.1 Å². The molecular formula is C24H18ClNO7. The van der Waals surface area contributed by atoms with E-state index in [0.29, 0.717) is 28.4 Å². The SMILES string of the molecule is C[C@@H]1Cc2c(Cl)ccc(C(=O)Nc3ccccc3Oc3ccc(C(=O)O)c(C(=O)O)c3)c2O1. The van der Waals surface area contributed by atoms with E-state index in [-0.39, 0.29) is 23.2 Å². The van der Waals surface area contributed by atoms with Crippen LogP contribution in [0.15, 0.2) is 54.6 Å². The molecule has 33 heavy (non-hydrogen) atoms. The van der Waals surface area contributed by atoms with Crippen LogP contribution in [-0.4, -0.2) is 34.2 Å². The van der Waals surface area contributed by atoms with Gasteiger partial charge in [-0.1, -0.05) is 23.7 Å². The molecule has 8 nitrogen and oxygen atoms in total. The summed E-state index contributed by atoms with van der Waals surface area (Å²) in [6.07, 6.45) is 0.507. The number of nitrogens with one attached hydrogen (secondary N) is 1. The van der Waals surface area contributed by atoms with Gasteiger partial charge in [0.15, 0.2) is 5.75 Å². The molecule has 3 aromatic carbocycles. The first-order chi connectivity index (χ1) is 15.7. The Morgan fingerprint density at radius 3 is 2.42 bits per heavy atom. The molecule has 0 fully saturated rings. The third-order valence-electron chi connectivity index (χ3n) is 5.07. The van der Waals surface area contributed by atoms with Crippen LogP contribution in [0.3, 0.4) is 0 Å². The van der Waals surface area contributed by atoms with E-state index in [1.54, 1.807) is 36.4 Å². The second-order valence-corrected chi connectivity index (χ2v) is 7.81. The Morgan fingerprint density at radius 2 is 1.70 bits per heavy atom. The quantitative estimate of drug-likeness (QED) is 0.460. The number of aromatic carboxylic acids is 2. The number of ether oxygens (including phenoxy) is 2. The van der Waals surface area contributed by atoms with Gasteiger partial charge >= 0.3 is 11.9 Å². The number of rotatable bonds is 6. The molecule has 0 saturated carbocycles. The normalized spacial score (nSPS) is 14.2. The van der Waals surface area contributed by atoms with Gasteiger partial charge in [-0.15, -0.1) is 0 Å². The van der Waals surface area contributed by atoms with E-state index in [1.807, 2.05) is 6.92 Å². The molecule has 1 aliphatic rings. The lowest BCUT2D eigenvalue weighted by Crippen LogP contribution is -2.14. The summed E-state index contributed by atoms with van der Waals surface area (Å²) in [5.74, 6) is -2.40. The van der Waals surface area contributed by atoms with Crippen molar-refractivity contribution in [3.05, 3.63) is 81.9 Å². The number of carboxylic acid groups (broad SMARTS) is 2. The molecule has 0 aromatic heterocycles. The number of fused-ring (bicyclic) bond motifs is 1. The number of para-hydroxylation sites is 2. The summed E-state index contributed by atoms with van der Waals surface area (Å²) < 4.78 is 11.6. The fourth-order valence-corrected chi connectivity index (χ4v) is 3.79. The highest BCUT2D eigenvalue weighted by molar-refractivity contribution is 6.32. The van der Waals surface area contributed by atoms with Crippen molar-refractivity contribution in [2.75, 3.05) is 5.32 Å². The molecule has 1 aliphatic heterocycles. The molecule has 1 amide bonds. The van der Waals surface area contributed by atoms with E-state index in [2.05, 4.69) is 5.32 Å². The first kappa shape index (κ1) is 22.2. The Morgan fingerprint density at radius 1 is 1.00 bits per heavy atom. The van der Waals surface area contributed by atoms with Crippen LogP contribution in [0.5, 0.6) is 17.2 Å². The van der Waals surface area contributed by atoms with Gasteiger partial charge in [0.1, 0.15) is 17.6 Å². The van der Waals surface area contributed by atoms with E-state index in [9.17, 15) is 24.6 Å². The molecule has 4 rings (SSSR count). The zero-order valence-corrected chi connectivity index (χ0v) is 18.1. The van der Waals surface area contributed by atoms with Crippen molar-refractivity contribution in [1.82, 2.24) is 0 Å². The summed E-state index contributed by atoms with van der Waals surface area (Å²) in [6, 6.07) is 13.4. The van der Waals surface area contributed by atoms with Crippen molar-refractivity contribution in [3.63, 3.8) is 0 Å². The summed E-state index contributed by atoms with van der Waals surface area (Å²) in [4.78, 5) is 35.7. The first-order valence-electron chi connectivity index (χ1n) is 9.91. The largest absolute Gasteiger partial charge is 0.489 e. The molecule has 1 atom stereocenters. The fraction of sp³-hybridized carbons (Fsp3) is 0.125. The Kier molecular flexibility index (Phi) is 5.93. The molecule has 0 unspecified atom stereocenters. The van der Waals surface area contributed by atoms with E-state index in [0.717, 1.165) is 17.7 Å². The molecule has 1 heterocycles. The van der Waals surface area contributed by atoms with Crippen molar-refractivity contribution in [3.8, 4) is 17.2 Å². The van der Waals surface area contributed by atoms with E-state index < -0.39 is 23.4 Å². The van der Waals surface area contributed by atoms with Crippen LogP contribution >= 0.6 is 11.6 Å². The molecule has 3 aromatic rings. The lowest BCUT2D eigenvalue weighted by atomic mass is 10.1. The average Bonchev–Trinajstić information content (AvgIpc) is 3.17. The highest BCUT2D eigenvalue weighted by atomic mass is 35.5. The van der Waals surface area contributed by atoms with E-state index in [1.165, 1.54) is 6.07 Å². The minimum absolute atomic E-state index is 0.0979. The average molecular weight is 468 g/mol. The predicted molar refractivity (Wildman–Crippen MR) is 120 cm³/mol. The van der Waals surface area contributed by atoms with Gasteiger partial charge in [0.05, 0.1) is 22.4 Å². The van der Waals surface area contributed by atoms with Crippen molar-refractivity contribution in [2.45, 2.75) is 19.4 Å². The number of carbonyl (C=O) groups is 3. The second kappa shape index (κ2) is 8.84. The topological polar surface area (TPSA) is 122 Å². The van der Waals surface area contributed by atoms with Crippen LogP contribution in [0.25, 0.3) is 0 Å². The number of carboxylic acids is 2. The predicted octanol–water partition coefficient (Wildman–Crippen LogP) is 5.10. The summed E-state index contributed by atoms with van der Waals surface area (Å²) in [7, 11) is 0.